The molecule has 0 heterocycles. The Morgan fingerprint density at radius 3 is 2.43 bits per heavy atom. The summed E-state index contributed by atoms with van der Waals surface area (Å²) >= 11 is 0. The van der Waals surface area contributed by atoms with Gasteiger partial charge in [0.15, 0.2) is 0 Å². The van der Waals surface area contributed by atoms with E-state index in [4.69, 9.17) is 10.5 Å². The Bertz CT molecular complexity index is 439. The fourth-order valence-electron chi connectivity index (χ4n) is 1.66. The summed E-state index contributed by atoms with van der Waals surface area (Å²) in [5.41, 5.74) is 5.92. The molecule has 0 bridgehead atoms. The summed E-state index contributed by atoms with van der Waals surface area (Å²) in [6.45, 7) is 5.68. The lowest BCUT2D eigenvalue weighted by Crippen LogP contribution is -2.39. The first-order valence-electron chi connectivity index (χ1n) is 7.30. The van der Waals surface area contributed by atoms with Crippen molar-refractivity contribution in [3.63, 3.8) is 0 Å². The van der Waals surface area contributed by atoms with Gasteiger partial charge in [0, 0.05) is 18.8 Å². The first-order valence-corrected chi connectivity index (χ1v) is 7.30. The van der Waals surface area contributed by atoms with Gasteiger partial charge < -0.3 is 20.7 Å². The molecule has 1 atom stereocenters. The monoisotopic (exact) mass is 293 g/mol. The Morgan fingerprint density at radius 1 is 1.33 bits per heavy atom. The molecule has 1 unspecified atom stereocenters. The number of likely N-dealkylation sites (N-methyl/N-ethyl adjacent to an activating group) is 1. The molecule has 5 nitrogen and oxygen atoms in total. The van der Waals surface area contributed by atoms with E-state index in [0.29, 0.717) is 19.6 Å². The molecule has 0 aliphatic heterocycles. The molecule has 3 N–H and O–H groups in total. The minimum absolute atomic E-state index is 0.0474. The third-order valence-electron chi connectivity index (χ3n) is 3.70. The van der Waals surface area contributed by atoms with Crippen molar-refractivity contribution < 1.29 is 9.53 Å². The number of nitrogens with zero attached hydrogens (tertiary/aromatic N) is 1. The minimum Gasteiger partial charge on any atom is -0.492 e. The number of amides is 1. The minimum atomic E-state index is -0.527. The second-order valence-electron chi connectivity index (χ2n) is 5.75. The molecule has 1 rings (SSSR count). The molecule has 1 amide bonds. The van der Waals surface area contributed by atoms with Crippen molar-refractivity contribution >= 4 is 11.6 Å². The van der Waals surface area contributed by atoms with Gasteiger partial charge in [-0.25, -0.2) is 0 Å². The van der Waals surface area contributed by atoms with Gasteiger partial charge in [0.2, 0.25) is 5.91 Å². The highest BCUT2D eigenvalue weighted by molar-refractivity contribution is 5.95. The third-order valence-corrected chi connectivity index (χ3v) is 3.70. The predicted molar refractivity (Wildman–Crippen MR) is 86.6 cm³/mol. The maximum atomic E-state index is 12.2. The van der Waals surface area contributed by atoms with Gasteiger partial charge in [-0.2, -0.15) is 0 Å². The van der Waals surface area contributed by atoms with Gasteiger partial charge in [-0.15, -0.1) is 0 Å². The van der Waals surface area contributed by atoms with Crippen LogP contribution in [0.2, 0.25) is 0 Å². The van der Waals surface area contributed by atoms with Gasteiger partial charge in [0.1, 0.15) is 12.4 Å². The molecule has 0 aliphatic carbocycles. The van der Waals surface area contributed by atoms with E-state index in [1.165, 1.54) is 0 Å². The summed E-state index contributed by atoms with van der Waals surface area (Å²) in [6, 6.07) is 7.40. The Balaban J connectivity index is 2.56. The molecule has 118 valence electrons. The highest BCUT2D eigenvalue weighted by atomic mass is 16.5. The lowest BCUT2D eigenvalue weighted by molar-refractivity contribution is -0.124. The lowest BCUT2D eigenvalue weighted by atomic mass is 9.86. The van der Waals surface area contributed by atoms with Gasteiger partial charge >= 0.3 is 0 Å². The van der Waals surface area contributed by atoms with Crippen LogP contribution in [0, 0.1) is 5.41 Å². The molecule has 1 aromatic carbocycles. The van der Waals surface area contributed by atoms with Gasteiger partial charge in [-0.1, -0.05) is 6.92 Å². The van der Waals surface area contributed by atoms with Crippen LogP contribution in [0.15, 0.2) is 24.3 Å². The smallest absolute Gasteiger partial charge is 0.231 e. The molecule has 0 aromatic heterocycles. The molecule has 0 fully saturated rings. The Hall–Kier alpha value is -1.59. The number of nitrogens with two attached hydrogens (primary N) is 1. The zero-order valence-corrected chi connectivity index (χ0v) is 13.5. The van der Waals surface area contributed by atoms with Gasteiger partial charge in [-0.05, 0) is 51.7 Å². The molecular formula is C16H27N3O2. The zero-order valence-electron chi connectivity index (χ0n) is 13.5. The van der Waals surface area contributed by atoms with Crippen molar-refractivity contribution in [3.8, 4) is 5.75 Å². The average molecular weight is 293 g/mol. The number of hydrogen-bond acceptors (Lipinski definition) is 4. The number of rotatable bonds is 8. The van der Waals surface area contributed by atoms with Crippen LogP contribution in [0.3, 0.4) is 0 Å². The summed E-state index contributed by atoms with van der Waals surface area (Å²) in [6.07, 6.45) is 0.709. The predicted octanol–water partition coefficient (Wildman–Crippen LogP) is 1.94. The van der Waals surface area contributed by atoms with E-state index < -0.39 is 5.41 Å². The molecule has 0 aliphatic rings. The lowest BCUT2D eigenvalue weighted by Gasteiger charge is -2.25. The number of carbonyl (C=O) groups is 1. The van der Waals surface area contributed by atoms with Gasteiger partial charge in [0.05, 0.1) is 5.41 Å². The number of ether oxygens (including phenoxy) is 1. The van der Waals surface area contributed by atoms with E-state index in [-0.39, 0.29) is 5.91 Å². The summed E-state index contributed by atoms with van der Waals surface area (Å²) in [7, 11) is 4.01. The highest BCUT2D eigenvalue weighted by Crippen LogP contribution is 2.23. The Labute approximate surface area is 127 Å². The molecule has 0 radical (unpaired) electrons. The fraction of sp³-hybridized carbons (Fsp3) is 0.562. The van der Waals surface area contributed by atoms with E-state index in [2.05, 4.69) is 10.2 Å². The second kappa shape index (κ2) is 8.00. The number of hydrogen-bond donors (Lipinski definition) is 2. The maximum Gasteiger partial charge on any atom is 0.231 e. The SMILES string of the molecule is CCC(C)(CN)C(=O)Nc1ccc(OCCN(C)C)cc1. The van der Waals surface area contributed by atoms with Gasteiger partial charge in [0.25, 0.3) is 0 Å². The normalized spacial score (nSPS) is 13.8. The number of carbonyl (C=O) groups excluding carboxylic acids is 1. The summed E-state index contributed by atoms with van der Waals surface area (Å²) < 4.78 is 5.61. The molecule has 5 heteroatoms. The summed E-state index contributed by atoms with van der Waals surface area (Å²) in [5.74, 6) is 0.751. The van der Waals surface area contributed by atoms with E-state index in [1.807, 2.05) is 52.2 Å². The zero-order chi connectivity index (χ0) is 15.9. The average Bonchev–Trinajstić information content (AvgIpc) is 2.47. The van der Waals surface area contributed by atoms with Crippen LogP contribution in [-0.2, 0) is 4.79 Å². The largest absolute Gasteiger partial charge is 0.492 e. The van der Waals surface area contributed by atoms with Crippen LogP contribution in [0.1, 0.15) is 20.3 Å². The van der Waals surface area contributed by atoms with Crippen LogP contribution in [0.5, 0.6) is 5.75 Å². The third kappa shape index (κ3) is 5.36. The van der Waals surface area contributed by atoms with E-state index in [9.17, 15) is 4.79 Å². The standard InChI is InChI=1S/C16H27N3O2/c1-5-16(2,12-17)15(20)18-13-6-8-14(9-7-13)21-11-10-19(3)4/h6-9H,5,10-12,17H2,1-4H3,(H,18,20). The van der Waals surface area contributed by atoms with Crippen molar-refractivity contribution in [2.45, 2.75) is 20.3 Å². The summed E-state index contributed by atoms with van der Waals surface area (Å²) in [5, 5.41) is 2.90. The molecule has 0 saturated heterocycles. The Kier molecular flexibility index (Phi) is 6.65. The van der Waals surface area contributed by atoms with E-state index in [1.54, 1.807) is 0 Å². The maximum absolute atomic E-state index is 12.2. The van der Waals surface area contributed by atoms with Crippen molar-refractivity contribution in [3.05, 3.63) is 24.3 Å². The van der Waals surface area contributed by atoms with Crippen molar-refractivity contribution in [1.82, 2.24) is 4.90 Å². The first kappa shape index (κ1) is 17.5. The fourth-order valence-corrected chi connectivity index (χ4v) is 1.66. The highest BCUT2D eigenvalue weighted by Gasteiger charge is 2.29. The number of anilines is 1. The second-order valence-corrected chi connectivity index (χ2v) is 5.75. The molecule has 1 aromatic rings. The van der Waals surface area contributed by atoms with E-state index in [0.717, 1.165) is 18.0 Å². The molecular weight excluding hydrogens is 266 g/mol. The van der Waals surface area contributed by atoms with Crippen LogP contribution < -0.4 is 15.8 Å². The van der Waals surface area contributed by atoms with Crippen molar-refractivity contribution in [2.75, 3.05) is 39.1 Å². The number of benzene rings is 1. The molecule has 21 heavy (non-hydrogen) atoms. The molecule has 0 spiro atoms. The Morgan fingerprint density at radius 2 is 1.95 bits per heavy atom. The number of nitrogens with one attached hydrogen (secondary N) is 1. The van der Waals surface area contributed by atoms with Crippen LogP contribution >= 0.6 is 0 Å². The first-order chi connectivity index (χ1) is 9.91. The van der Waals surface area contributed by atoms with Crippen LogP contribution in [0.25, 0.3) is 0 Å². The summed E-state index contributed by atoms with van der Waals surface area (Å²) in [4.78, 5) is 14.3. The van der Waals surface area contributed by atoms with Crippen LogP contribution in [0.4, 0.5) is 5.69 Å². The topological polar surface area (TPSA) is 67.6 Å². The quantitative estimate of drug-likeness (QED) is 0.768. The van der Waals surface area contributed by atoms with Gasteiger partial charge in [-0.3, -0.25) is 4.79 Å². The van der Waals surface area contributed by atoms with E-state index >= 15 is 0 Å². The van der Waals surface area contributed by atoms with Crippen molar-refractivity contribution in [2.24, 2.45) is 11.1 Å². The van der Waals surface area contributed by atoms with Crippen molar-refractivity contribution in [1.29, 1.82) is 0 Å². The van der Waals surface area contributed by atoms with Crippen LogP contribution in [-0.4, -0.2) is 44.6 Å². The molecule has 0 saturated carbocycles.